The first kappa shape index (κ1) is 13.6. The minimum Gasteiger partial charge on any atom is -0.363 e. The molecule has 6 nitrogen and oxygen atoms in total. The maximum absolute atomic E-state index is 12.8. The van der Waals surface area contributed by atoms with Crippen molar-refractivity contribution in [3.63, 3.8) is 0 Å². The van der Waals surface area contributed by atoms with Gasteiger partial charge in [-0.3, -0.25) is 9.69 Å². The number of hydrogen-bond acceptors (Lipinski definition) is 4. The third kappa shape index (κ3) is 1.62. The summed E-state index contributed by atoms with van der Waals surface area (Å²) in [6.07, 6.45) is 0. The Morgan fingerprint density at radius 2 is 1.81 bits per heavy atom. The van der Waals surface area contributed by atoms with Crippen molar-refractivity contribution in [2.45, 2.75) is 19.4 Å². The Hall–Kier alpha value is -2.37. The number of imide groups is 1. The Morgan fingerprint density at radius 1 is 1.14 bits per heavy atom. The zero-order valence-electron chi connectivity index (χ0n) is 12.5. The fourth-order valence-corrected chi connectivity index (χ4v) is 3.00. The van der Waals surface area contributed by atoms with Gasteiger partial charge in [0.2, 0.25) is 0 Å². The second-order valence-corrected chi connectivity index (χ2v) is 5.75. The van der Waals surface area contributed by atoms with Gasteiger partial charge in [-0.25, -0.2) is 4.79 Å². The molecule has 0 fully saturated rings. The van der Waals surface area contributed by atoms with Crippen molar-refractivity contribution in [2.75, 3.05) is 24.3 Å². The first-order valence-corrected chi connectivity index (χ1v) is 6.92. The van der Waals surface area contributed by atoms with Gasteiger partial charge in [0.05, 0.1) is 11.4 Å². The summed E-state index contributed by atoms with van der Waals surface area (Å²) in [5, 5.41) is 3.33. The van der Waals surface area contributed by atoms with Crippen molar-refractivity contribution in [3.8, 4) is 0 Å². The van der Waals surface area contributed by atoms with E-state index in [9.17, 15) is 9.59 Å². The monoisotopic (exact) mass is 286 g/mol. The molecule has 1 unspecified atom stereocenters. The van der Waals surface area contributed by atoms with Gasteiger partial charge in [0.1, 0.15) is 0 Å². The largest absolute Gasteiger partial charge is 0.363 e. The summed E-state index contributed by atoms with van der Waals surface area (Å²) in [6, 6.07) is 7.16. The molecule has 1 aromatic carbocycles. The van der Waals surface area contributed by atoms with Crippen LogP contribution in [0.5, 0.6) is 0 Å². The van der Waals surface area contributed by atoms with E-state index in [1.54, 1.807) is 0 Å². The molecule has 0 saturated heterocycles. The maximum Gasteiger partial charge on any atom is 0.351 e. The van der Waals surface area contributed by atoms with Crippen LogP contribution in [0.15, 0.2) is 29.3 Å². The summed E-state index contributed by atoms with van der Waals surface area (Å²) in [5.41, 5.74) is 0.757. The Morgan fingerprint density at radius 3 is 2.48 bits per heavy atom. The molecule has 1 aromatic rings. The van der Waals surface area contributed by atoms with Crippen LogP contribution in [0.2, 0.25) is 0 Å². The second kappa shape index (κ2) is 4.31. The first-order chi connectivity index (χ1) is 9.89. The van der Waals surface area contributed by atoms with Crippen molar-refractivity contribution in [1.82, 2.24) is 4.90 Å². The number of anilines is 2. The fourth-order valence-electron chi connectivity index (χ4n) is 3.00. The normalized spacial score (nSPS) is 24.5. The van der Waals surface area contributed by atoms with Gasteiger partial charge in [0.15, 0.2) is 11.4 Å². The fraction of sp³-hybridized carbons (Fsp3) is 0.400. The zero-order chi connectivity index (χ0) is 15.4. The minimum atomic E-state index is -1.01. The summed E-state index contributed by atoms with van der Waals surface area (Å²) >= 11 is 0. The molecule has 2 aliphatic rings. The molecule has 3 amide bonds. The molecule has 0 saturated carbocycles. The molecule has 110 valence electrons. The van der Waals surface area contributed by atoms with Gasteiger partial charge < -0.3 is 10.2 Å². The van der Waals surface area contributed by atoms with Gasteiger partial charge in [-0.1, -0.05) is 26.0 Å². The maximum atomic E-state index is 12.8. The number of nitrogens with one attached hydrogen (secondary N) is 1. The molecule has 1 N–H and O–H groups in total. The van der Waals surface area contributed by atoms with E-state index < -0.39 is 11.6 Å². The third-order valence-corrected chi connectivity index (χ3v) is 4.26. The molecule has 0 spiro atoms. The third-order valence-electron chi connectivity index (χ3n) is 4.26. The molecule has 0 bridgehead atoms. The zero-order valence-corrected chi connectivity index (χ0v) is 12.5. The Labute approximate surface area is 123 Å². The van der Waals surface area contributed by atoms with E-state index in [-0.39, 0.29) is 11.8 Å². The lowest BCUT2D eigenvalue weighted by atomic mass is 9.80. The van der Waals surface area contributed by atoms with E-state index in [4.69, 9.17) is 0 Å². The average Bonchev–Trinajstić information content (AvgIpc) is 2.46. The number of para-hydroxylation sites is 2. The van der Waals surface area contributed by atoms with Crippen molar-refractivity contribution >= 4 is 29.1 Å². The van der Waals surface area contributed by atoms with Crippen LogP contribution in [-0.2, 0) is 4.79 Å². The summed E-state index contributed by atoms with van der Waals surface area (Å²) < 4.78 is 0. The smallest absolute Gasteiger partial charge is 0.351 e. The first-order valence-electron chi connectivity index (χ1n) is 6.92. The number of urea groups is 1. The van der Waals surface area contributed by atoms with Crippen LogP contribution in [-0.4, -0.2) is 42.3 Å². The van der Waals surface area contributed by atoms with E-state index in [2.05, 4.69) is 10.3 Å². The summed E-state index contributed by atoms with van der Waals surface area (Å²) in [4.78, 5) is 31.8. The molecule has 0 aromatic heterocycles. The van der Waals surface area contributed by atoms with Crippen LogP contribution >= 0.6 is 0 Å². The van der Waals surface area contributed by atoms with Crippen molar-refractivity contribution in [1.29, 1.82) is 0 Å². The number of rotatable bonds is 1. The van der Waals surface area contributed by atoms with E-state index >= 15 is 0 Å². The number of amidine groups is 1. The highest BCUT2D eigenvalue weighted by Gasteiger charge is 2.56. The van der Waals surface area contributed by atoms with Crippen LogP contribution in [0, 0.1) is 5.92 Å². The minimum absolute atomic E-state index is 0.0601. The number of benzene rings is 1. The van der Waals surface area contributed by atoms with Gasteiger partial charge in [0, 0.05) is 14.1 Å². The summed E-state index contributed by atoms with van der Waals surface area (Å²) in [7, 11) is 3.30. The number of fused-ring (bicyclic) bond motifs is 2. The topological polar surface area (TPSA) is 65.0 Å². The SMILES string of the molecule is CC(C)C12Nc3ccccc3N(C)C1=NC(=O)N(C)C2=O. The lowest BCUT2D eigenvalue weighted by Crippen LogP contribution is -2.70. The molecular weight excluding hydrogens is 268 g/mol. The molecule has 21 heavy (non-hydrogen) atoms. The predicted octanol–water partition coefficient (Wildman–Crippen LogP) is 1.93. The van der Waals surface area contributed by atoms with Crippen molar-refractivity contribution in [3.05, 3.63) is 24.3 Å². The van der Waals surface area contributed by atoms with Gasteiger partial charge in [0.25, 0.3) is 5.91 Å². The molecule has 2 aliphatic heterocycles. The highest BCUT2D eigenvalue weighted by atomic mass is 16.2. The van der Waals surface area contributed by atoms with Crippen molar-refractivity contribution < 1.29 is 9.59 Å². The van der Waals surface area contributed by atoms with Gasteiger partial charge >= 0.3 is 6.03 Å². The van der Waals surface area contributed by atoms with E-state index in [0.717, 1.165) is 16.3 Å². The quantitative estimate of drug-likeness (QED) is 0.856. The number of hydrogen-bond donors (Lipinski definition) is 1. The van der Waals surface area contributed by atoms with Gasteiger partial charge in [-0.15, -0.1) is 0 Å². The molecule has 3 rings (SSSR count). The van der Waals surface area contributed by atoms with Crippen LogP contribution in [0.1, 0.15) is 13.8 Å². The number of amides is 3. The molecular formula is C15H18N4O2. The molecule has 2 heterocycles. The predicted molar refractivity (Wildman–Crippen MR) is 81.6 cm³/mol. The lowest BCUT2D eigenvalue weighted by molar-refractivity contribution is -0.131. The van der Waals surface area contributed by atoms with E-state index in [0.29, 0.717) is 5.84 Å². The molecule has 0 radical (unpaired) electrons. The average molecular weight is 286 g/mol. The van der Waals surface area contributed by atoms with Crippen LogP contribution < -0.4 is 10.2 Å². The Kier molecular flexibility index (Phi) is 2.79. The number of carbonyl (C=O) groups excluding carboxylic acids is 2. The highest BCUT2D eigenvalue weighted by molar-refractivity contribution is 6.30. The Bertz CT molecular complexity index is 667. The number of carbonyl (C=O) groups is 2. The Balaban J connectivity index is 2.28. The van der Waals surface area contributed by atoms with Gasteiger partial charge in [-0.05, 0) is 18.1 Å². The lowest BCUT2D eigenvalue weighted by Gasteiger charge is -2.49. The van der Waals surface area contributed by atoms with E-state index in [1.165, 1.54) is 7.05 Å². The molecule has 6 heteroatoms. The van der Waals surface area contributed by atoms with E-state index in [1.807, 2.05) is 50.1 Å². The molecule has 1 atom stereocenters. The second-order valence-electron chi connectivity index (χ2n) is 5.75. The summed E-state index contributed by atoms with van der Waals surface area (Å²) in [6.45, 7) is 3.90. The number of nitrogens with zero attached hydrogens (tertiary/aromatic N) is 3. The van der Waals surface area contributed by atoms with Crippen LogP contribution in [0.3, 0.4) is 0 Å². The van der Waals surface area contributed by atoms with Crippen LogP contribution in [0.25, 0.3) is 0 Å². The van der Waals surface area contributed by atoms with Crippen molar-refractivity contribution in [2.24, 2.45) is 10.9 Å². The van der Waals surface area contributed by atoms with Crippen LogP contribution in [0.4, 0.5) is 16.2 Å². The number of aliphatic imine (C=N–C) groups is 1. The highest BCUT2D eigenvalue weighted by Crippen LogP contribution is 2.40. The van der Waals surface area contributed by atoms with Gasteiger partial charge in [-0.2, -0.15) is 4.99 Å². The molecule has 0 aliphatic carbocycles. The standard InChI is InChI=1S/C15H18N4O2/c1-9(2)15-12(16-14(21)19(4)13(15)20)18(3)11-8-6-5-7-10(11)17-15/h5-9,17H,1-4H3. The number of likely N-dealkylation sites (N-methyl/N-ethyl adjacent to an activating group) is 2. The summed E-state index contributed by atoms with van der Waals surface area (Å²) in [5.74, 6) is 0.133.